The summed E-state index contributed by atoms with van der Waals surface area (Å²) in [7, 11) is 3.23. The first-order valence-electron chi connectivity index (χ1n) is 9.31. The molecule has 0 spiro atoms. The summed E-state index contributed by atoms with van der Waals surface area (Å²) in [6, 6.07) is 23.9. The van der Waals surface area contributed by atoms with Gasteiger partial charge in [0.25, 0.3) is 5.91 Å². The number of carbonyl (C=O) groups excluding carboxylic acids is 1. The molecule has 4 nitrogen and oxygen atoms in total. The lowest BCUT2D eigenvalue weighted by molar-refractivity contribution is 0.0954. The Morgan fingerprint density at radius 2 is 1.43 bits per heavy atom. The summed E-state index contributed by atoms with van der Waals surface area (Å²) in [6.07, 6.45) is 1.58. The van der Waals surface area contributed by atoms with E-state index in [2.05, 4.69) is 17.4 Å². The van der Waals surface area contributed by atoms with Crippen LogP contribution in [0.1, 0.15) is 27.0 Å². The van der Waals surface area contributed by atoms with Gasteiger partial charge in [-0.05, 0) is 53.8 Å². The van der Waals surface area contributed by atoms with Crippen molar-refractivity contribution in [2.24, 2.45) is 0 Å². The number of rotatable bonds is 8. The average molecular weight is 375 g/mol. The smallest absolute Gasteiger partial charge is 0.251 e. The van der Waals surface area contributed by atoms with Gasteiger partial charge < -0.3 is 14.8 Å². The summed E-state index contributed by atoms with van der Waals surface area (Å²) < 4.78 is 10.6. The van der Waals surface area contributed by atoms with E-state index in [-0.39, 0.29) is 5.91 Å². The van der Waals surface area contributed by atoms with Crippen LogP contribution in [-0.2, 0) is 12.8 Å². The van der Waals surface area contributed by atoms with Crippen LogP contribution in [0, 0.1) is 0 Å². The number of hydrogen-bond donors (Lipinski definition) is 1. The third kappa shape index (κ3) is 5.13. The molecule has 3 aromatic carbocycles. The van der Waals surface area contributed by atoms with Crippen molar-refractivity contribution in [1.82, 2.24) is 5.32 Å². The first-order chi connectivity index (χ1) is 13.7. The molecular formula is C24H25NO3. The summed E-state index contributed by atoms with van der Waals surface area (Å²) in [5.74, 6) is 1.33. The lowest BCUT2D eigenvalue weighted by Crippen LogP contribution is -2.25. The molecule has 0 saturated heterocycles. The van der Waals surface area contributed by atoms with Crippen LogP contribution in [0.25, 0.3) is 0 Å². The second-order valence-corrected chi connectivity index (χ2v) is 6.55. The maximum Gasteiger partial charge on any atom is 0.251 e. The molecule has 3 aromatic rings. The molecule has 28 heavy (non-hydrogen) atoms. The van der Waals surface area contributed by atoms with Crippen LogP contribution in [0.4, 0.5) is 0 Å². The second kappa shape index (κ2) is 9.60. The fourth-order valence-electron chi connectivity index (χ4n) is 3.06. The summed E-state index contributed by atoms with van der Waals surface area (Å²) in [5, 5.41) is 2.97. The molecule has 3 rings (SSSR count). The van der Waals surface area contributed by atoms with E-state index in [4.69, 9.17) is 9.47 Å². The highest BCUT2D eigenvalue weighted by molar-refractivity contribution is 5.94. The number of hydrogen-bond acceptors (Lipinski definition) is 3. The SMILES string of the molecule is COc1ccc(CCNC(=O)c2ccc(Cc3ccccc3)cc2)cc1OC. The molecule has 0 saturated carbocycles. The lowest BCUT2D eigenvalue weighted by Gasteiger charge is -2.10. The number of methoxy groups -OCH3 is 2. The predicted octanol–water partition coefficient (Wildman–Crippen LogP) is 4.27. The van der Waals surface area contributed by atoms with Gasteiger partial charge in [-0.3, -0.25) is 4.79 Å². The van der Waals surface area contributed by atoms with Gasteiger partial charge in [0.2, 0.25) is 0 Å². The minimum absolute atomic E-state index is 0.0632. The fourth-order valence-corrected chi connectivity index (χ4v) is 3.06. The lowest BCUT2D eigenvalue weighted by atomic mass is 10.0. The summed E-state index contributed by atoms with van der Waals surface area (Å²) >= 11 is 0. The van der Waals surface area contributed by atoms with Crippen LogP contribution in [0.3, 0.4) is 0 Å². The molecular weight excluding hydrogens is 350 g/mol. The van der Waals surface area contributed by atoms with Gasteiger partial charge >= 0.3 is 0 Å². The van der Waals surface area contributed by atoms with Gasteiger partial charge in [-0.15, -0.1) is 0 Å². The van der Waals surface area contributed by atoms with Gasteiger partial charge in [-0.2, -0.15) is 0 Å². The maximum absolute atomic E-state index is 12.4. The fraction of sp³-hybridized carbons (Fsp3) is 0.208. The zero-order valence-electron chi connectivity index (χ0n) is 16.3. The molecule has 0 aromatic heterocycles. The van der Waals surface area contributed by atoms with E-state index in [9.17, 15) is 4.79 Å². The summed E-state index contributed by atoms with van der Waals surface area (Å²) in [4.78, 5) is 12.4. The van der Waals surface area contributed by atoms with Crippen LogP contribution in [0.2, 0.25) is 0 Å². The minimum atomic E-state index is -0.0632. The van der Waals surface area contributed by atoms with Crippen LogP contribution in [0.15, 0.2) is 72.8 Å². The number of carbonyl (C=O) groups is 1. The van der Waals surface area contributed by atoms with Crippen molar-refractivity contribution in [2.45, 2.75) is 12.8 Å². The Morgan fingerprint density at radius 3 is 2.11 bits per heavy atom. The van der Waals surface area contributed by atoms with Crippen LogP contribution in [-0.4, -0.2) is 26.7 Å². The van der Waals surface area contributed by atoms with Crippen molar-refractivity contribution in [3.8, 4) is 11.5 Å². The Labute approximate surface area is 166 Å². The Kier molecular flexibility index (Phi) is 6.68. The van der Waals surface area contributed by atoms with Gasteiger partial charge in [0.15, 0.2) is 11.5 Å². The first-order valence-corrected chi connectivity index (χ1v) is 9.31. The molecule has 0 bridgehead atoms. The molecule has 0 heterocycles. The molecule has 0 aliphatic rings. The minimum Gasteiger partial charge on any atom is -0.493 e. The Balaban J connectivity index is 1.52. The molecule has 0 aliphatic carbocycles. The van der Waals surface area contributed by atoms with Crippen molar-refractivity contribution in [3.63, 3.8) is 0 Å². The number of nitrogens with one attached hydrogen (secondary N) is 1. The highest BCUT2D eigenvalue weighted by Crippen LogP contribution is 2.27. The molecule has 0 radical (unpaired) electrons. The largest absolute Gasteiger partial charge is 0.493 e. The molecule has 4 heteroatoms. The van der Waals surface area contributed by atoms with E-state index in [1.165, 1.54) is 11.1 Å². The number of benzene rings is 3. The molecule has 1 amide bonds. The third-order valence-corrected chi connectivity index (χ3v) is 4.61. The van der Waals surface area contributed by atoms with Gasteiger partial charge in [0.05, 0.1) is 14.2 Å². The molecule has 0 atom stereocenters. The highest BCUT2D eigenvalue weighted by atomic mass is 16.5. The normalized spacial score (nSPS) is 10.4. The van der Waals surface area contributed by atoms with Crippen LogP contribution in [0.5, 0.6) is 11.5 Å². The van der Waals surface area contributed by atoms with E-state index in [1.54, 1.807) is 14.2 Å². The van der Waals surface area contributed by atoms with E-state index in [0.29, 0.717) is 23.6 Å². The van der Waals surface area contributed by atoms with Gasteiger partial charge in [0.1, 0.15) is 0 Å². The highest BCUT2D eigenvalue weighted by Gasteiger charge is 2.07. The van der Waals surface area contributed by atoms with E-state index in [0.717, 1.165) is 18.4 Å². The van der Waals surface area contributed by atoms with Crippen molar-refractivity contribution >= 4 is 5.91 Å². The van der Waals surface area contributed by atoms with Crippen molar-refractivity contribution in [3.05, 3.63) is 95.1 Å². The van der Waals surface area contributed by atoms with Crippen LogP contribution < -0.4 is 14.8 Å². The second-order valence-electron chi connectivity index (χ2n) is 6.55. The first kappa shape index (κ1) is 19.5. The number of amides is 1. The molecule has 0 aliphatic heterocycles. The van der Waals surface area contributed by atoms with E-state index >= 15 is 0 Å². The molecule has 1 N–H and O–H groups in total. The monoisotopic (exact) mass is 375 g/mol. The van der Waals surface area contributed by atoms with Crippen molar-refractivity contribution in [2.75, 3.05) is 20.8 Å². The zero-order valence-corrected chi connectivity index (χ0v) is 16.3. The van der Waals surface area contributed by atoms with Crippen molar-refractivity contribution in [1.29, 1.82) is 0 Å². The third-order valence-electron chi connectivity index (χ3n) is 4.61. The van der Waals surface area contributed by atoms with Gasteiger partial charge in [-0.25, -0.2) is 0 Å². The predicted molar refractivity (Wildman–Crippen MR) is 111 cm³/mol. The maximum atomic E-state index is 12.4. The number of ether oxygens (including phenoxy) is 2. The van der Waals surface area contributed by atoms with Gasteiger partial charge in [-0.1, -0.05) is 48.5 Å². The Bertz CT molecular complexity index is 905. The molecule has 0 fully saturated rings. The Hall–Kier alpha value is -3.27. The zero-order chi connectivity index (χ0) is 19.8. The van der Waals surface area contributed by atoms with Crippen molar-refractivity contribution < 1.29 is 14.3 Å². The average Bonchev–Trinajstić information content (AvgIpc) is 2.74. The summed E-state index contributed by atoms with van der Waals surface area (Å²) in [5.41, 5.74) is 4.20. The Morgan fingerprint density at radius 1 is 0.786 bits per heavy atom. The summed E-state index contributed by atoms with van der Waals surface area (Å²) in [6.45, 7) is 0.556. The van der Waals surface area contributed by atoms with E-state index in [1.807, 2.05) is 60.7 Å². The standard InChI is InChI=1S/C24H25NO3/c1-27-22-13-10-20(17-23(22)28-2)14-15-25-24(26)21-11-8-19(9-12-21)16-18-6-4-3-5-7-18/h3-13,17H,14-16H2,1-2H3,(H,25,26). The molecule has 0 unspecified atom stereocenters. The quantitative estimate of drug-likeness (QED) is 0.640. The van der Waals surface area contributed by atoms with E-state index < -0.39 is 0 Å². The molecule has 144 valence electrons. The topological polar surface area (TPSA) is 47.6 Å². The van der Waals surface area contributed by atoms with Crippen LogP contribution >= 0.6 is 0 Å². The van der Waals surface area contributed by atoms with Gasteiger partial charge in [0, 0.05) is 12.1 Å².